The molecule has 0 radical (unpaired) electrons. The molecule has 0 aromatic heterocycles. The molecule has 1 rings (SSSR count). The highest BCUT2D eigenvalue weighted by Crippen LogP contribution is 2.41. The molecule has 3 N–H and O–H groups in total. The van der Waals surface area contributed by atoms with Crippen molar-refractivity contribution in [3.63, 3.8) is 0 Å². The first kappa shape index (κ1) is 13.1. The van der Waals surface area contributed by atoms with E-state index in [-0.39, 0.29) is 5.75 Å². The van der Waals surface area contributed by atoms with E-state index < -0.39 is 0 Å². The second kappa shape index (κ2) is 5.37. The van der Waals surface area contributed by atoms with Crippen LogP contribution in [0.1, 0.15) is 16.7 Å². The number of nitrogens with two attached hydrogens (primary N) is 1. The Morgan fingerprint density at radius 2 is 2.00 bits per heavy atom. The van der Waals surface area contributed by atoms with E-state index in [2.05, 4.69) is 15.9 Å². The van der Waals surface area contributed by atoms with Crippen LogP contribution in [0.5, 0.6) is 11.5 Å². The van der Waals surface area contributed by atoms with Gasteiger partial charge in [-0.1, -0.05) is 28.1 Å². The molecule has 0 atom stereocenters. The first-order valence-electron chi connectivity index (χ1n) is 4.96. The van der Waals surface area contributed by atoms with Crippen LogP contribution < -0.4 is 10.5 Å². The van der Waals surface area contributed by atoms with Gasteiger partial charge in [-0.15, -0.1) is 0 Å². The molecule has 0 fully saturated rings. The SMILES string of the molecule is COc1c(C)c(Br)c(C)c(/C=C/CN)c1O. The quantitative estimate of drug-likeness (QED) is 0.898. The number of aromatic hydroxyl groups is 1. The van der Waals surface area contributed by atoms with Crippen molar-refractivity contribution in [2.75, 3.05) is 13.7 Å². The third-order valence-electron chi connectivity index (χ3n) is 2.50. The van der Waals surface area contributed by atoms with Crippen molar-refractivity contribution in [1.29, 1.82) is 0 Å². The van der Waals surface area contributed by atoms with Gasteiger partial charge in [-0.2, -0.15) is 0 Å². The van der Waals surface area contributed by atoms with Crippen LogP contribution in [-0.2, 0) is 0 Å². The van der Waals surface area contributed by atoms with Gasteiger partial charge in [-0.05, 0) is 19.4 Å². The second-order valence-corrected chi connectivity index (χ2v) is 4.29. The smallest absolute Gasteiger partial charge is 0.165 e. The van der Waals surface area contributed by atoms with Gasteiger partial charge in [0.1, 0.15) is 0 Å². The van der Waals surface area contributed by atoms with Crippen molar-refractivity contribution in [3.8, 4) is 11.5 Å². The van der Waals surface area contributed by atoms with Crippen molar-refractivity contribution in [2.45, 2.75) is 13.8 Å². The summed E-state index contributed by atoms with van der Waals surface area (Å²) in [6, 6.07) is 0. The molecule has 16 heavy (non-hydrogen) atoms. The fourth-order valence-corrected chi connectivity index (χ4v) is 2.01. The summed E-state index contributed by atoms with van der Waals surface area (Å²) in [5.41, 5.74) is 8.00. The van der Waals surface area contributed by atoms with Crippen LogP contribution in [0.3, 0.4) is 0 Å². The molecule has 1 aromatic rings. The zero-order chi connectivity index (χ0) is 12.3. The van der Waals surface area contributed by atoms with Gasteiger partial charge in [0.05, 0.1) is 7.11 Å². The van der Waals surface area contributed by atoms with Crippen LogP contribution in [-0.4, -0.2) is 18.8 Å². The van der Waals surface area contributed by atoms with Gasteiger partial charge in [0.25, 0.3) is 0 Å². The molecule has 88 valence electrons. The van der Waals surface area contributed by atoms with E-state index in [1.807, 2.05) is 13.8 Å². The standard InChI is InChI=1S/C12H16BrNO2/c1-7-9(5-4-6-14)11(15)12(16-3)8(2)10(7)13/h4-5,15H,6,14H2,1-3H3/b5-4+. The molecular weight excluding hydrogens is 270 g/mol. The number of hydrogen-bond acceptors (Lipinski definition) is 3. The Morgan fingerprint density at radius 1 is 1.38 bits per heavy atom. The lowest BCUT2D eigenvalue weighted by atomic mass is 10.0. The molecule has 0 heterocycles. The number of methoxy groups -OCH3 is 1. The molecule has 1 aromatic carbocycles. The molecule has 0 spiro atoms. The van der Waals surface area contributed by atoms with Crippen molar-refractivity contribution >= 4 is 22.0 Å². The van der Waals surface area contributed by atoms with Crippen LogP contribution in [0.2, 0.25) is 0 Å². The lowest BCUT2D eigenvalue weighted by Crippen LogP contribution is -1.96. The molecule has 0 aliphatic heterocycles. The summed E-state index contributed by atoms with van der Waals surface area (Å²) in [5.74, 6) is 0.652. The zero-order valence-electron chi connectivity index (χ0n) is 9.67. The average Bonchev–Trinajstić information content (AvgIpc) is 2.27. The fraction of sp³-hybridized carbons (Fsp3) is 0.333. The Morgan fingerprint density at radius 3 is 2.50 bits per heavy atom. The topological polar surface area (TPSA) is 55.5 Å². The fourth-order valence-electron chi connectivity index (χ4n) is 1.62. The van der Waals surface area contributed by atoms with Gasteiger partial charge in [0, 0.05) is 22.1 Å². The summed E-state index contributed by atoms with van der Waals surface area (Å²) < 4.78 is 6.13. The van der Waals surface area contributed by atoms with E-state index in [1.54, 1.807) is 19.3 Å². The second-order valence-electron chi connectivity index (χ2n) is 3.50. The minimum atomic E-state index is 0.158. The Labute approximate surface area is 104 Å². The van der Waals surface area contributed by atoms with E-state index in [9.17, 15) is 5.11 Å². The van der Waals surface area contributed by atoms with Crippen LogP contribution in [0.4, 0.5) is 0 Å². The number of rotatable bonds is 3. The number of benzene rings is 1. The van der Waals surface area contributed by atoms with Gasteiger partial charge in [-0.25, -0.2) is 0 Å². The molecule has 3 nitrogen and oxygen atoms in total. The summed E-state index contributed by atoms with van der Waals surface area (Å²) in [7, 11) is 1.54. The van der Waals surface area contributed by atoms with E-state index in [1.165, 1.54) is 0 Å². The third kappa shape index (κ3) is 2.23. The molecule has 0 amide bonds. The summed E-state index contributed by atoms with van der Waals surface area (Å²) in [6.07, 6.45) is 3.60. The van der Waals surface area contributed by atoms with Gasteiger partial charge in [-0.3, -0.25) is 0 Å². The van der Waals surface area contributed by atoms with Crippen LogP contribution in [0.25, 0.3) is 6.08 Å². The van der Waals surface area contributed by atoms with Gasteiger partial charge < -0.3 is 15.6 Å². The number of phenolic OH excluding ortho intramolecular Hbond substituents is 1. The molecular formula is C12H16BrNO2. The maximum absolute atomic E-state index is 10.1. The summed E-state index contributed by atoms with van der Waals surface area (Å²) in [6.45, 7) is 4.27. The third-order valence-corrected chi connectivity index (χ3v) is 3.69. The minimum Gasteiger partial charge on any atom is -0.504 e. The molecule has 0 unspecified atom stereocenters. The maximum atomic E-state index is 10.1. The number of ether oxygens (including phenoxy) is 1. The summed E-state index contributed by atoms with van der Waals surface area (Å²) >= 11 is 3.49. The Balaban J connectivity index is 3.49. The number of phenols is 1. The van der Waals surface area contributed by atoms with Gasteiger partial charge in [0.15, 0.2) is 11.5 Å². The lowest BCUT2D eigenvalue weighted by Gasteiger charge is -2.15. The number of halogens is 1. The molecule has 4 heteroatoms. The van der Waals surface area contributed by atoms with E-state index >= 15 is 0 Å². The number of hydrogen-bond donors (Lipinski definition) is 2. The average molecular weight is 286 g/mol. The van der Waals surface area contributed by atoms with Crippen molar-refractivity contribution < 1.29 is 9.84 Å². The van der Waals surface area contributed by atoms with E-state index in [4.69, 9.17) is 10.5 Å². The molecule has 0 aliphatic carbocycles. The lowest BCUT2D eigenvalue weighted by molar-refractivity contribution is 0.369. The molecule has 0 saturated heterocycles. The Bertz CT molecular complexity index is 428. The van der Waals surface area contributed by atoms with Crippen molar-refractivity contribution in [1.82, 2.24) is 0 Å². The predicted octanol–water partition coefficient (Wildman–Crippen LogP) is 2.75. The van der Waals surface area contributed by atoms with Crippen LogP contribution in [0.15, 0.2) is 10.5 Å². The van der Waals surface area contributed by atoms with E-state index in [0.717, 1.165) is 21.2 Å². The van der Waals surface area contributed by atoms with Crippen molar-refractivity contribution in [2.24, 2.45) is 5.73 Å². The Hall–Kier alpha value is -1.00. The normalized spacial score (nSPS) is 11.1. The van der Waals surface area contributed by atoms with Crippen molar-refractivity contribution in [3.05, 3.63) is 27.2 Å². The minimum absolute atomic E-state index is 0.158. The zero-order valence-corrected chi connectivity index (χ0v) is 11.3. The summed E-state index contributed by atoms with van der Waals surface area (Å²) in [4.78, 5) is 0. The Kier molecular flexibility index (Phi) is 4.38. The van der Waals surface area contributed by atoms with E-state index in [0.29, 0.717) is 12.3 Å². The highest BCUT2D eigenvalue weighted by molar-refractivity contribution is 9.10. The monoisotopic (exact) mass is 285 g/mol. The first-order chi connectivity index (χ1) is 7.54. The highest BCUT2D eigenvalue weighted by atomic mass is 79.9. The molecule has 0 aliphatic rings. The highest BCUT2D eigenvalue weighted by Gasteiger charge is 2.16. The maximum Gasteiger partial charge on any atom is 0.165 e. The first-order valence-corrected chi connectivity index (χ1v) is 5.76. The molecule has 0 bridgehead atoms. The molecule has 0 saturated carbocycles. The predicted molar refractivity (Wildman–Crippen MR) is 69.9 cm³/mol. The van der Waals surface area contributed by atoms with Crippen LogP contribution >= 0.6 is 15.9 Å². The van der Waals surface area contributed by atoms with Gasteiger partial charge in [0.2, 0.25) is 0 Å². The van der Waals surface area contributed by atoms with Crippen LogP contribution in [0, 0.1) is 13.8 Å². The van der Waals surface area contributed by atoms with Gasteiger partial charge >= 0.3 is 0 Å². The summed E-state index contributed by atoms with van der Waals surface area (Å²) in [5, 5.41) is 10.1. The largest absolute Gasteiger partial charge is 0.504 e.